The van der Waals surface area contributed by atoms with E-state index in [0.717, 1.165) is 43.5 Å². The highest BCUT2D eigenvalue weighted by molar-refractivity contribution is 8.18. The molecule has 0 saturated carbocycles. The van der Waals surface area contributed by atoms with Crippen molar-refractivity contribution in [2.24, 2.45) is 0 Å². The number of amides is 2. The van der Waals surface area contributed by atoms with E-state index in [1.54, 1.807) is 6.08 Å². The van der Waals surface area contributed by atoms with Gasteiger partial charge in [-0.15, -0.1) is 0 Å². The van der Waals surface area contributed by atoms with Gasteiger partial charge in [-0.25, -0.2) is 0 Å². The normalized spacial score (nSPS) is 19.4. The van der Waals surface area contributed by atoms with E-state index in [1.165, 1.54) is 21.7 Å². The molecule has 0 spiro atoms. The number of carbonyl (C=O) groups is 2. The number of imide groups is 1. The molecule has 2 saturated heterocycles. The van der Waals surface area contributed by atoms with Crippen molar-refractivity contribution >= 4 is 34.7 Å². The number of thioether (sulfide) groups is 1. The lowest BCUT2D eigenvalue weighted by Gasteiger charge is -2.37. The number of aryl methyl sites for hydroxylation is 2. The average Bonchev–Trinajstić information content (AvgIpc) is 2.98. The zero-order chi connectivity index (χ0) is 20.4. The molecular weight excluding hydrogens is 382 g/mol. The molecule has 0 aromatic heterocycles. The van der Waals surface area contributed by atoms with Crippen LogP contribution < -0.4 is 4.90 Å². The number of piperazine rings is 1. The van der Waals surface area contributed by atoms with E-state index >= 15 is 0 Å². The minimum absolute atomic E-state index is 0.186. The Labute approximate surface area is 176 Å². The van der Waals surface area contributed by atoms with E-state index in [4.69, 9.17) is 0 Å². The Morgan fingerprint density at radius 2 is 1.66 bits per heavy atom. The van der Waals surface area contributed by atoms with Crippen LogP contribution in [0, 0.1) is 13.8 Å². The number of anilines is 1. The van der Waals surface area contributed by atoms with Crippen LogP contribution in [-0.4, -0.2) is 53.8 Å². The van der Waals surface area contributed by atoms with Gasteiger partial charge in [-0.1, -0.05) is 42.0 Å². The van der Waals surface area contributed by atoms with Gasteiger partial charge < -0.3 is 4.90 Å². The summed E-state index contributed by atoms with van der Waals surface area (Å²) in [5.74, 6) is -0.193. The molecule has 0 atom stereocenters. The van der Waals surface area contributed by atoms with E-state index in [-0.39, 0.29) is 11.1 Å². The second-order valence-corrected chi connectivity index (χ2v) is 8.60. The van der Waals surface area contributed by atoms with Gasteiger partial charge in [-0.2, -0.15) is 0 Å². The molecule has 5 nitrogen and oxygen atoms in total. The molecule has 2 heterocycles. The Bertz CT molecular complexity index is 947. The van der Waals surface area contributed by atoms with Crippen molar-refractivity contribution in [1.29, 1.82) is 0 Å². The Balaban J connectivity index is 1.37. The zero-order valence-electron chi connectivity index (χ0n) is 16.8. The molecule has 29 heavy (non-hydrogen) atoms. The van der Waals surface area contributed by atoms with Gasteiger partial charge in [0.1, 0.15) is 0 Å². The van der Waals surface area contributed by atoms with Crippen LogP contribution in [0.4, 0.5) is 10.5 Å². The Morgan fingerprint density at radius 1 is 0.931 bits per heavy atom. The number of nitrogens with zero attached hydrogens (tertiary/aromatic N) is 3. The highest BCUT2D eigenvalue weighted by Crippen LogP contribution is 2.32. The molecule has 4 rings (SSSR count). The third-order valence-electron chi connectivity index (χ3n) is 5.33. The van der Waals surface area contributed by atoms with Gasteiger partial charge in [-0.3, -0.25) is 19.4 Å². The smallest absolute Gasteiger partial charge is 0.294 e. The standard InChI is InChI=1S/C23H25N3O2S/c1-17-6-8-19(9-7-17)15-21-22(27)26(23(28)29-21)16-24-10-12-25(13-11-24)20-5-3-4-18(2)14-20/h3-9,14-15H,10-13,16H2,1-2H3/b21-15-. The summed E-state index contributed by atoms with van der Waals surface area (Å²) in [6.45, 7) is 7.91. The third kappa shape index (κ3) is 4.54. The van der Waals surface area contributed by atoms with Crippen LogP contribution in [0.5, 0.6) is 0 Å². The zero-order valence-corrected chi connectivity index (χ0v) is 17.6. The molecule has 0 N–H and O–H groups in total. The summed E-state index contributed by atoms with van der Waals surface area (Å²) in [6, 6.07) is 16.5. The number of benzene rings is 2. The minimum Gasteiger partial charge on any atom is -0.369 e. The van der Waals surface area contributed by atoms with E-state index in [2.05, 4.69) is 41.0 Å². The molecule has 0 unspecified atom stereocenters. The maximum Gasteiger partial charge on any atom is 0.294 e. The van der Waals surface area contributed by atoms with Crippen LogP contribution in [-0.2, 0) is 4.79 Å². The largest absolute Gasteiger partial charge is 0.369 e. The maximum atomic E-state index is 12.8. The molecule has 2 fully saturated rings. The molecule has 0 bridgehead atoms. The van der Waals surface area contributed by atoms with Crippen LogP contribution in [0.25, 0.3) is 6.08 Å². The first-order valence-electron chi connectivity index (χ1n) is 9.85. The van der Waals surface area contributed by atoms with Gasteiger partial charge in [-0.05, 0) is 54.9 Å². The van der Waals surface area contributed by atoms with Gasteiger partial charge >= 0.3 is 0 Å². The lowest BCUT2D eigenvalue weighted by Crippen LogP contribution is -2.50. The fourth-order valence-electron chi connectivity index (χ4n) is 3.61. The molecule has 150 valence electrons. The monoisotopic (exact) mass is 407 g/mol. The summed E-state index contributed by atoms with van der Waals surface area (Å²) in [7, 11) is 0. The fraction of sp³-hybridized carbons (Fsp3) is 0.304. The van der Waals surface area contributed by atoms with Gasteiger partial charge in [0.05, 0.1) is 11.6 Å². The second-order valence-electron chi connectivity index (χ2n) is 7.61. The minimum atomic E-state index is -0.193. The van der Waals surface area contributed by atoms with Gasteiger partial charge in [0, 0.05) is 31.9 Å². The van der Waals surface area contributed by atoms with E-state index < -0.39 is 0 Å². The second kappa shape index (κ2) is 8.43. The molecule has 2 aromatic carbocycles. The van der Waals surface area contributed by atoms with Gasteiger partial charge in [0.25, 0.3) is 11.1 Å². The summed E-state index contributed by atoms with van der Waals surface area (Å²) in [5, 5.41) is -0.186. The fourth-order valence-corrected chi connectivity index (χ4v) is 4.44. The highest BCUT2D eigenvalue weighted by Gasteiger charge is 2.36. The summed E-state index contributed by atoms with van der Waals surface area (Å²) in [5.41, 5.74) is 4.59. The predicted molar refractivity (Wildman–Crippen MR) is 119 cm³/mol. The summed E-state index contributed by atoms with van der Waals surface area (Å²) >= 11 is 1.03. The van der Waals surface area contributed by atoms with Crippen molar-refractivity contribution in [2.75, 3.05) is 37.7 Å². The highest BCUT2D eigenvalue weighted by atomic mass is 32.2. The lowest BCUT2D eigenvalue weighted by molar-refractivity contribution is -0.124. The van der Waals surface area contributed by atoms with E-state index in [9.17, 15) is 9.59 Å². The van der Waals surface area contributed by atoms with Crippen LogP contribution in [0.3, 0.4) is 0 Å². The van der Waals surface area contributed by atoms with Crippen molar-refractivity contribution < 1.29 is 9.59 Å². The van der Waals surface area contributed by atoms with Crippen molar-refractivity contribution in [3.8, 4) is 0 Å². The number of carbonyl (C=O) groups excluding carboxylic acids is 2. The molecule has 0 radical (unpaired) electrons. The summed E-state index contributed by atoms with van der Waals surface area (Å²) in [6.07, 6.45) is 1.81. The lowest BCUT2D eigenvalue weighted by atomic mass is 10.1. The van der Waals surface area contributed by atoms with E-state index in [0.29, 0.717) is 11.6 Å². The molecule has 2 amide bonds. The van der Waals surface area contributed by atoms with Crippen LogP contribution in [0.15, 0.2) is 53.4 Å². The Hall–Kier alpha value is -2.57. The molecule has 2 aliphatic rings. The first-order chi connectivity index (χ1) is 14.0. The van der Waals surface area contributed by atoms with Gasteiger partial charge in [0.15, 0.2) is 0 Å². The predicted octanol–water partition coefficient (Wildman–Crippen LogP) is 4.12. The molecule has 6 heteroatoms. The molecule has 2 aliphatic heterocycles. The van der Waals surface area contributed by atoms with Crippen LogP contribution in [0.1, 0.15) is 16.7 Å². The number of hydrogen-bond acceptors (Lipinski definition) is 5. The number of hydrogen-bond donors (Lipinski definition) is 0. The first-order valence-corrected chi connectivity index (χ1v) is 10.7. The quantitative estimate of drug-likeness (QED) is 0.714. The summed E-state index contributed by atoms with van der Waals surface area (Å²) < 4.78 is 0. The molecular formula is C23H25N3O2S. The Kier molecular flexibility index (Phi) is 5.74. The topological polar surface area (TPSA) is 43.9 Å². The van der Waals surface area contributed by atoms with Crippen molar-refractivity contribution in [1.82, 2.24) is 9.80 Å². The summed E-state index contributed by atoms with van der Waals surface area (Å²) in [4.78, 5) is 31.6. The van der Waals surface area contributed by atoms with Crippen molar-refractivity contribution in [3.05, 3.63) is 70.1 Å². The third-order valence-corrected chi connectivity index (χ3v) is 6.24. The van der Waals surface area contributed by atoms with Crippen LogP contribution >= 0.6 is 11.8 Å². The van der Waals surface area contributed by atoms with E-state index in [1.807, 2.05) is 31.2 Å². The van der Waals surface area contributed by atoms with Crippen molar-refractivity contribution in [3.63, 3.8) is 0 Å². The number of rotatable bonds is 4. The van der Waals surface area contributed by atoms with Crippen LogP contribution in [0.2, 0.25) is 0 Å². The van der Waals surface area contributed by atoms with Gasteiger partial charge in [0.2, 0.25) is 0 Å². The Morgan fingerprint density at radius 3 is 2.34 bits per heavy atom. The maximum absolute atomic E-state index is 12.8. The molecule has 2 aromatic rings. The average molecular weight is 408 g/mol. The SMILES string of the molecule is Cc1ccc(/C=C2\SC(=O)N(CN3CCN(c4cccc(C)c4)CC3)C2=O)cc1. The molecule has 0 aliphatic carbocycles. The first kappa shape index (κ1) is 19.7. The van der Waals surface area contributed by atoms with Crippen molar-refractivity contribution in [2.45, 2.75) is 13.8 Å².